The highest BCUT2D eigenvalue weighted by Gasteiger charge is 2.17. The lowest BCUT2D eigenvalue weighted by atomic mass is 10.2. The molecule has 0 aliphatic heterocycles. The number of nitrogens with one attached hydrogen (secondary N) is 1. The maximum absolute atomic E-state index is 12.1. The van der Waals surface area contributed by atoms with E-state index >= 15 is 0 Å². The minimum absolute atomic E-state index is 0.245. The summed E-state index contributed by atoms with van der Waals surface area (Å²) in [7, 11) is -3.47. The van der Waals surface area contributed by atoms with Crippen LogP contribution in [0.1, 0.15) is 12.0 Å². The van der Waals surface area contributed by atoms with Crippen LogP contribution in [0.25, 0.3) is 0 Å². The van der Waals surface area contributed by atoms with Crippen LogP contribution in [0.4, 0.5) is 0 Å². The van der Waals surface area contributed by atoms with Crippen molar-refractivity contribution in [3.8, 4) is 0 Å². The molecule has 102 valence electrons. The third-order valence-corrected chi connectivity index (χ3v) is 5.49. The van der Waals surface area contributed by atoms with Crippen molar-refractivity contribution in [2.75, 3.05) is 18.6 Å². The van der Waals surface area contributed by atoms with Crippen LogP contribution >= 0.6 is 27.7 Å². The predicted molar refractivity (Wildman–Crippen MR) is 80.2 cm³/mol. The average molecular weight is 353 g/mol. The highest BCUT2D eigenvalue weighted by atomic mass is 79.9. The molecule has 1 aromatic carbocycles. The largest absolute Gasteiger partial charge is 0.326 e. The van der Waals surface area contributed by atoms with E-state index in [0.717, 1.165) is 17.7 Å². The van der Waals surface area contributed by atoms with Crippen molar-refractivity contribution in [2.45, 2.75) is 17.9 Å². The molecule has 1 rings (SSSR count). The third kappa shape index (κ3) is 4.55. The maximum Gasteiger partial charge on any atom is 0.241 e. The summed E-state index contributed by atoms with van der Waals surface area (Å²) in [5.74, 6) is 0.937. The van der Waals surface area contributed by atoms with Gasteiger partial charge in [-0.2, -0.15) is 11.8 Å². The topological polar surface area (TPSA) is 72.2 Å². The van der Waals surface area contributed by atoms with Crippen molar-refractivity contribution in [3.63, 3.8) is 0 Å². The van der Waals surface area contributed by atoms with Gasteiger partial charge in [0.25, 0.3) is 0 Å². The summed E-state index contributed by atoms with van der Waals surface area (Å²) < 4.78 is 27.3. The Morgan fingerprint density at radius 1 is 1.44 bits per heavy atom. The standard InChI is InChI=1S/C11H17BrN2O2S2/c1-17-6-2-5-14-18(15,16)11-7-9(8-13)3-4-10(11)12/h3-4,7,14H,2,5-6,8,13H2,1H3. The Kier molecular flexibility index (Phi) is 6.65. The summed E-state index contributed by atoms with van der Waals surface area (Å²) in [6.45, 7) is 0.769. The van der Waals surface area contributed by atoms with E-state index in [2.05, 4.69) is 20.7 Å². The number of nitrogens with two attached hydrogens (primary N) is 1. The minimum atomic E-state index is -3.47. The fourth-order valence-corrected chi connectivity index (χ4v) is 3.90. The molecule has 3 N–H and O–H groups in total. The first-order valence-corrected chi connectivity index (χ1v) is 9.15. The van der Waals surface area contributed by atoms with Gasteiger partial charge in [-0.25, -0.2) is 13.1 Å². The molecule has 0 amide bonds. The number of hydrogen-bond acceptors (Lipinski definition) is 4. The van der Waals surface area contributed by atoms with Gasteiger partial charge in [-0.05, 0) is 52.1 Å². The monoisotopic (exact) mass is 352 g/mol. The molecular formula is C11H17BrN2O2S2. The van der Waals surface area contributed by atoms with Gasteiger partial charge in [0.15, 0.2) is 0 Å². The molecule has 18 heavy (non-hydrogen) atoms. The summed E-state index contributed by atoms with van der Waals surface area (Å²) in [6, 6.07) is 5.11. The molecule has 4 nitrogen and oxygen atoms in total. The van der Waals surface area contributed by atoms with Crippen molar-refractivity contribution in [3.05, 3.63) is 28.2 Å². The molecule has 0 unspecified atom stereocenters. The quantitative estimate of drug-likeness (QED) is 0.735. The number of thioether (sulfide) groups is 1. The van der Waals surface area contributed by atoms with E-state index in [4.69, 9.17) is 5.73 Å². The molecule has 0 aliphatic carbocycles. The summed E-state index contributed by atoms with van der Waals surface area (Å²) >= 11 is 4.95. The number of hydrogen-bond donors (Lipinski definition) is 2. The van der Waals surface area contributed by atoms with Crippen LogP contribution in [-0.4, -0.2) is 27.0 Å². The fourth-order valence-electron chi connectivity index (χ4n) is 1.38. The van der Waals surface area contributed by atoms with Crippen molar-refractivity contribution in [1.82, 2.24) is 4.72 Å². The van der Waals surface area contributed by atoms with Crippen molar-refractivity contribution < 1.29 is 8.42 Å². The lowest BCUT2D eigenvalue weighted by Gasteiger charge is -2.09. The van der Waals surface area contributed by atoms with Gasteiger partial charge in [-0.1, -0.05) is 6.07 Å². The molecule has 0 fully saturated rings. The number of benzene rings is 1. The van der Waals surface area contributed by atoms with Crippen LogP contribution in [-0.2, 0) is 16.6 Å². The Morgan fingerprint density at radius 3 is 2.78 bits per heavy atom. The first-order chi connectivity index (χ1) is 8.51. The lowest BCUT2D eigenvalue weighted by molar-refractivity contribution is 0.580. The predicted octanol–water partition coefficient (Wildman–Crippen LogP) is 1.94. The van der Waals surface area contributed by atoms with Crippen molar-refractivity contribution >= 4 is 37.7 Å². The van der Waals surface area contributed by atoms with Gasteiger partial charge in [0, 0.05) is 17.6 Å². The van der Waals surface area contributed by atoms with Crippen LogP contribution in [0.5, 0.6) is 0 Å². The highest BCUT2D eigenvalue weighted by molar-refractivity contribution is 9.10. The second-order valence-corrected chi connectivity index (χ2v) is 7.29. The van der Waals surface area contributed by atoms with Gasteiger partial charge in [0.1, 0.15) is 0 Å². The molecule has 0 aromatic heterocycles. The van der Waals surface area contributed by atoms with Gasteiger partial charge in [-0.3, -0.25) is 0 Å². The first-order valence-electron chi connectivity index (χ1n) is 5.48. The Morgan fingerprint density at radius 2 is 2.17 bits per heavy atom. The highest BCUT2D eigenvalue weighted by Crippen LogP contribution is 2.23. The van der Waals surface area contributed by atoms with Crippen LogP contribution in [0.2, 0.25) is 0 Å². The molecule has 0 heterocycles. The summed E-state index contributed by atoms with van der Waals surface area (Å²) in [5, 5.41) is 0. The molecular weight excluding hydrogens is 336 g/mol. The second kappa shape index (κ2) is 7.49. The Balaban J connectivity index is 2.83. The Bertz CT molecular complexity index is 492. The molecule has 0 aliphatic rings. The zero-order valence-electron chi connectivity index (χ0n) is 10.1. The number of halogens is 1. The van der Waals surface area contributed by atoms with Gasteiger partial charge in [0.2, 0.25) is 10.0 Å². The molecule has 0 spiro atoms. The normalized spacial score (nSPS) is 11.7. The van der Waals surface area contributed by atoms with E-state index < -0.39 is 10.0 Å². The first kappa shape index (κ1) is 16.0. The van der Waals surface area contributed by atoms with Crippen molar-refractivity contribution in [1.29, 1.82) is 0 Å². The van der Waals surface area contributed by atoms with Crippen LogP contribution < -0.4 is 10.5 Å². The molecule has 1 aromatic rings. The van der Waals surface area contributed by atoms with E-state index in [9.17, 15) is 8.42 Å². The fraction of sp³-hybridized carbons (Fsp3) is 0.455. The van der Waals surface area contributed by atoms with Gasteiger partial charge >= 0.3 is 0 Å². The van der Waals surface area contributed by atoms with Crippen LogP contribution in [0.3, 0.4) is 0 Å². The van der Waals surface area contributed by atoms with Gasteiger partial charge in [0.05, 0.1) is 4.90 Å². The Hall–Kier alpha value is -0.0800. The van der Waals surface area contributed by atoms with Crippen LogP contribution in [0.15, 0.2) is 27.6 Å². The number of sulfonamides is 1. The Labute approximate surface area is 121 Å². The maximum atomic E-state index is 12.1. The SMILES string of the molecule is CSCCCNS(=O)(=O)c1cc(CN)ccc1Br. The van der Waals surface area contributed by atoms with E-state index in [1.54, 1.807) is 30.0 Å². The minimum Gasteiger partial charge on any atom is -0.326 e. The molecule has 0 radical (unpaired) electrons. The third-order valence-electron chi connectivity index (χ3n) is 2.34. The van der Waals surface area contributed by atoms with Gasteiger partial charge < -0.3 is 5.73 Å². The number of rotatable bonds is 7. The molecule has 7 heteroatoms. The summed E-state index contributed by atoms with van der Waals surface area (Å²) in [4.78, 5) is 0.245. The van der Waals surface area contributed by atoms with E-state index in [1.807, 2.05) is 6.26 Å². The van der Waals surface area contributed by atoms with E-state index in [0.29, 0.717) is 17.6 Å². The summed E-state index contributed by atoms with van der Waals surface area (Å²) in [6.07, 6.45) is 2.81. The average Bonchev–Trinajstić information content (AvgIpc) is 2.35. The smallest absolute Gasteiger partial charge is 0.241 e. The molecule has 0 saturated carbocycles. The van der Waals surface area contributed by atoms with Gasteiger partial charge in [-0.15, -0.1) is 0 Å². The molecule has 0 atom stereocenters. The van der Waals surface area contributed by atoms with E-state index in [-0.39, 0.29) is 4.90 Å². The molecule has 0 bridgehead atoms. The zero-order valence-corrected chi connectivity index (χ0v) is 13.4. The van der Waals surface area contributed by atoms with Crippen LogP contribution in [0, 0.1) is 0 Å². The zero-order chi connectivity index (χ0) is 13.6. The second-order valence-electron chi connectivity index (χ2n) is 3.71. The lowest BCUT2D eigenvalue weighted by Crippen LogP contribution is -2.25. The van der Waals surface area contributed by atoms with Crippen molar-refractivity contribution in [2.24, 2.45) is 5.73 Å². The molecule has 0 saturated heterocycles. The van der Waals surface area contributed by atoms with E-state index in [1.165, 1.54) is 0 Å². The summed E-state index contributed by atoms with van der Waals surface area (Å²) in [5.41, 5.74) is 6.31.